The largest absolute Gasteiger partial charge is 0.444 e. The predicted molar refractivity (Wildman–Crippen MR) is 75.1 cm³/mol. The molecule has 8 heteroatoms. The number of carbonyl (C=O) groups is 1. The molecule has 120 valence electrons. The van der Waals surface area contributed by atoms with Gasteiger partial charge in [-0.15, -0.1) is 0 Å². The predicted octanol–water partition coefficient (Wildman–Crippen LogP) is 1.24. The molecule has 0 saturated carbocycles. The summed E-state index contributed by atoms with van der Waals surface area (Å²) in [5.74, 6) is 0. The van der Waals surface area contributed by atoms with Gasteiger partial charge in [-0.25, -0.2) is 4.79 Å². The van der Waals surface area contributed by atoms with Crippen molar-refractivity contribution in [2.24, 2.45) is 0 Å². The molecular weight excluding hydrogens is 286 g/mol. The van der Waals surface area contributed by atoms with Crippen molar-refractivity contribution in [3.8, 4) is 0 Å². The Morgan fingerprint density at radius 2 is 1.75 bits per heavy atom. The Morgan fingerprint density at radius 1 is 1.15 bits per heavy atom. The number of carbonyl (C=O) groups excluding carboxylic acids is 1. The second kappa shape index (κ2) is 8.43. The molecule has 0 rings (SSSR count). The van der Waals surface area contributed by atoms with Crippen molar-refractivity contribution in [3.05, 3.63) is 0 Å². The van der Waals surface area contributed by atoms with Crippen LogP contribution in [-0.2, 0) is 23.8 Å². The third-order valence-electron chi connectivity index (χ3n) is 2.01. The van der Waals surface area contributed by atoms with Crippen molar-refractivity contribution in [1.29, 1.82) is 0 Å². The third-order valence-corrected chi connectivity index (χ3v) is 2.61. The van der Waals surface area contributed by atoms with Crippen LogP contribution in [-0.4, -0.2) is 64.7 Å². The highest BCUT2D eigenvalue weighted by Gasteiger charge is 2.18. The number of ether oxygens (including phenoxy) is 2. The summed E-state index contributed by atoms with van der Waals surface area (Å²) < 4.78 is 36.2. The minimum absolute atomic E-state index is 0.000733. The molecule has 0 unspecified atom stereocenters. The number of hydrogen-bond donors (Lipinski definition) is 0. The minimum atomic E-state index is -3.41. The van der Waals surface area contributed by atoms with E-state index in [0.717, 1.165) is 6.26 Å². The lowest BCUT2D eigenvalue weighted by atomic mass is 10.2. The summed E-state index contributed by atoms with van der Waals surface area (Å²) in [7, 11) is -1.75. The highest BCUT2D eigenvalue weighted by atomic mass is 32.2. The molecule has 0 spiro atoms. The van der Waals surface area contributed by atoms with E-state index >= 15 is 0 Å². The third kappa shape index (κ3) is 12.2. The van der Waals surface area contributed by atoms with E-state index in [1.54, 1.807) is 7.05 Å². The highest BCUT2D eigenvalue weighted by Crippen LogP contribution is 2.09. The van der Waals surface area contributed by atoms with E-state index in [9.17, 15) is 13.2 Å². The van der Waals surface area contributed by atoms with Crippen molar-refractivity contribution in [1.82, 2.24) is 4.90 Å². The fourth-order valence-electron chi connectivity index (χ4n) is 1.18. The van der Waals surface area contributed by atoms with Crippen molar-refractivity contribution in [3.63, 3.8) is 0 Å². The molecule has 0 aliphatic rings. The van der Waals surface area contributed by atoms with Crippen LogP contribution >= 0.6 is 0 Å². The molecule has 0 heterocycles. The molecule has 0 atom stereocenters. The van der Waals surface area contributed by atoms with Gasteiger partial charge < -0.3 is 14.4 Å². The molecule has 0 aromatic carbocycles. The Hall–Kier alpha value is -0.860. The first-order chi connectivity index (χ1) is 9.01. The fourth-order valence-corrected chi connectivity index (χ4v) is 1.55. The van der Waals surface area contributed by atoms with Crippen LogP contribution in [0.4, 0.5) is 4.79 Å². The monoisotopic (exact) mass is 311 g/mol. The summed E-state index contributed by atoms with van der Waals surface area (Å²) in [6.07, 6.45) is 1.25. The van der Waals surface area contributed by atoms with Gasteiger partial charge in [-0.1, -0.05) is 0 Å². The van der Waals surface area contributed by atoms with Crippen LogP contribution in [0.15, 0.2) is 0 Å². The molecule has 0 bridgehead atoms. The van der Waals surface area contributed by atoms with Gasteiger partial charge in [0, 0.05) is 20.2 Å². The zero-order valence-electron chi connectivity index (χ0n) is 12.8. The van der Waals surface area contributed by atoms with Gasteiger partial charge >= 0.3 is 6.09 Å². The molecule has 0 aromatic heterocycles. The van der Waals surface area contributed by atoms with Crippen LogP contribution in [0.2, 0.25) is 0 Å². The average molecular weight is 311 g/mol. The van der Waals surface area contributed by atoms with Gasteiger partial charge in [0.05, 0.1) is 19.5 Å². The molecule has 0 aromatic rings. The maximum Gasteiger partial charge on any atom is 0.410 e. The summed E-state index contributed by atoms with van der Waals surface area (Å²) in [5, 5.41) is 0. The van der Waals surface area contributed by atoms with E-state index in [1.807, 2.05) is 20.8 Å². The Labute approximate surface area is 121 Å². The SMILES string of the molecule is CN(CCCOCCOS(C)(=O)=O)C(=O)OC(C)(C)C. The average Bonchev–Trinajstić information content (AvgIpc) is 2.23. The number of nitrogens with zero attached hydrogens (tertiary/aromatic N) is 1. The second-order valence-corrected chi connectivity index (χ2v) is 7.04. The fraction of sp³-hybridized carbons (Fsp3) is 0.917. The Bertz CT molecular complexity index is 387. The van der Waals surface area contributed by atoms with E-state index in [2.05, 4.69) is 4.18 Å². The molecule has 0 N–H and O–H groups in total. The van der Waals surface area contributed by atoms with Crippen molar-refractivity contribution in [2.75, 3.05) is 39.7 Å². The van der Waals surface area contributed by atoms with E-state index in [4.69, 9.17) is 9.47 Å². The standard InChI is InChI=1S/C12H25NO6S/c1-12(2,3)19-11(14)13(4)7-6-8-17-9-10-18-20(5,15)16/h6-10H2,1-5H3. The Kier molecular flexibility index (Phi) is 8.07. The first kappa shape index (κ1) is 19.1. The minimum Gasteiger partial charge on any atom is -0.444 e. The van der Waals surface area contributed by atoms with Gasteiger partial charge in [-0.2, -0.15) is 8.42 Å². The molecule has 0 radical (unpaired) electrons. The van der Waals surface area contributed by atoms with Gasteiger partial charge in [0.25, 0.3) is 10.1 Å². The molecular formula is C12H25NO6S. The molecule has 0 fully saturated rings. The summed E-state index contributed by atoms with van der Waals surface area (Å²) in [6.45, 7) is 6.54. The maximum atomic E-state index is 11.6. The van der Waals surface area contributed by atoms with Crippen LogP contribution in [0.5, 0.6) is 0 Å². The lowest BCUT2D eigenvalue weighted by molar-refractivity contribution is 0.0274. The Morgan fingerprint density at radius 3 is 2.25 bits per heavy atom. The molecule has 20 heavy (non-hydrogen) atoms. The molecule has 7 nitrogen and oxygen atoms in total. The van der Waals surface area contributed by atoms with E-state index in [0.29, 0.717) is 19.6 Å². The second-order valence-electron chi connectivity index (χ2n) is 5.39. The van der Waals surface area contributed by atoms with E-state index < -0.39 is 15.7 Å². The molecule has 1 amide bonds. The molecule has 0 saturated heterocycles. The van der Waals surface area contributed by atoms with Crippen molar-refractivity contribution < 1.29 is 26.9 Å². The highest BCUT2D eigenvalue weighted by molar-refractivity contribution is 7.85. The topological polar surface area (TPSA) is 82.1 Å². The Balaban J connectivity index is 3.62. The lowest BCUT2D eigenvalue weighted by Crippen LogP contribution is -2.35. The van der Waals surface area contributed by atoms with Gasteiger partial charge in [-0.05, 0) is 27.2 Å². The quantitative estimate of drug-likeness (QED) is 0.495. The number of amides is 1. The first-order valence-corrected chi connectivity index (χ1v) is 8.19. The number of hydrogen-bond acceptors (Lipinski definition) is 6. The zero-order valence-corrected chi connectivity index (χ0v) is 13.7. The normalized spacial score (nSPS) is 12.2. The smallest absolute Gasteiger partial charge is 0.410 e. The van der Waals surface area contributed by atoms with Gasteiger partial charge in [0.15, 0.2) is 0 Å². The van der Waals surface area contributed by atoms with Gasteiger partial charge in [-0.3, -0.25) is 4.18 Å². The van der Waals surface area contributed by atoms with Crippen molar-refractivity contribution >= 4 is 16.2 Å². The molecule has 0 aliphatic heterocycles. The first-order valence-electron chi connectivity index (χ1n) is 6.37. The number of rotatable bonds is 8. The summed E-state index contributed by atoms with van der Waals surface area (Å²) in [6, 6.07) is 0. The maximum absolute atomic E-state index is 11.6. The van der Waals surface area contributed by atoms with Crippen LogP contribution in [0.1, 0.15) is 27.2 Å². The summed E-state index contributed by atoms with van der Waals surface area (Å²) in [4.78, 5) is 13.1. The van der Waals surface area contributed by atoms with Crippen LogP contribution in [0.3, 0.4) is 0 Å². The van der Waals surface area contributed by atoms with E-state index in [-0.39, 0.29) is 19.3 Å². The van der Waals surface area contributed by atoms with Crippen LogP contribution in [0.25, 0.3) is 0 Å². The summed E-state index contributed by atoms with van der Waals surface area (Å²) >= 11 is 0. The summed E-state index contributed by atoms with van der Waals surface area (Å²) in [5.41, 5.74) is -0.509. The van der Waals surface area contributed by atoms with E-state index in [1.165, 1.54) is 4.90 Å². The van der Waals surface area contributed by atoms with Gasteiger partial charge in [0.1, 0.15) is 5.60 Å². The molecule has 0 aliphatic carbocycles. The lowest BCUT2D eigenvalue weighted by Gasteiger charge is -2.24. The zero-order chi connectivity index (χ0) is 15.8. The van der Waals surface area contributed by atoms with Crippen LogP contribution < -0.4 is 0 Å². The van der Waals surface area contributed by atoms with Crippen LogP contribution in [0, 0.1) is 0 Å². The van der Waals surface area contributed by atoms with Crippen molar-refractivity contribution in [2.45, 2.75) is 32.8 Å². The van der Waals surface area contributed by atoms with Gasteiger partial charge in [0.2, 0.25) is 0 Å².